The standard InChI is InChI=1S/C14H24N2O2S/c1-4-12(5-2)10-16-19(17,18)14-7-6-11(3)13(8-14)9-15/h6-8,12,16H,4-5,9-10,15H2,1-3H3. The van der Waals surface area contributed by atoms with Crippen molar-refractivity contribution in [2.24, 2.45) is 11.7 Å². The Kier molecular flexibility index (Phi) is 5.97. The Bertz CT molecular complexity index is 508. The van der Waals surface area contributed by atoms with Crippen molar-refractivity contribution in [3.63, 3.8) is 0 Å². The van der Waals surface area contributed by atoms with Crippen molar-refractivity contribution in [3.8, 4) is 0 Å². The van der Waals surface area contributed by atoms with Crippen LogP contribution >= 0.6 is 0 Å². The van der Waals surface area contributed by atoms with E-state index in [1.165, 1.54) is 0 Å². The third-order valence-electron chi connectivity index (χ3n) is 3.57. The van der Waals surface area contributed by atoms with Gasteiger partial charge in [-0.05, 0) is 36.1 Å². The van der Waals surface area contributed by atoms with Crippen LogP contribution in [0.3, 0.4) is 0 Å². The van der Waals surface area contributed by atoms with E-state index in [4.69, 9.17) is 5.73 Å². The van der Waals surface area contributed by atoms with Gasteiger partial charge in [0.1, 0.15) is 0 Å². The second kappa shape index (κ2) is 7.03. The predicted octanol–water partition coefficient (Wildman–Crippen LogP) is 2.17. The molecule has 0 heterocycles. The number of sulfonamides is 1. The molecule has 0 aromatic heterocycles. The molecule has 0 aliphatic carbocycles. The first-order valence-corrected chi connectivity index (χ1v) is 8.22. The molecule has 0 radical (unpaired) electrons. The first-order chi connectivity index (χ1) is 8.94. The number of benzene rings is 1. The van der Waals surface area contributed by atoms with E-state index in [9.17, 15) is 8.42 Å². The smallest absolute Gasteiger partial charge is 0.240 e. The van der Waals surface area contributed by atoms with Crippen molar-refractivity contribution in [3.05, 3.63) is 29.3 Å². The molecule has 0 aliphatic heterocycles. The fourth-order valence-electron chi connectivity index (χ4n) is 1.92. The number of nitrogens with one attached hydrogen (secondary N) is 1. The summed E-state index contributed by atoms with van der Waals surface area (Å²) in [5, 5.41) is 0. The predicted molar refractivity (Wildman–Crippen MR) is 78.3 cm³/mol. The topological polar surface area (TPSA) is 72.2 Å². The zero-order valence-corrected chi connectivity index (χ0v) is 12.8. The van der Waals surface area contributed by atoms with Gasteiger partial charge in [0.05, 0.1) is 4.90 Å². The van der Waals surface area contributed by atoms with Gasteiger partial charge in [0, 0.05) is 13.1 Å². The van der Waals surface area contributed by atoms with Gasteiger partial charge in [0.2, 0.25) is 10.0 Å². The normalized spacial score (nSPS) is 12.1. The fourth-order valence-corrected chi connectivity index (χ4v) is 3.09. The van der Waals surface area contributed by atoms with E-state index in [1.807, 2.05) is 6.92 Å². The van der Waals surface area contributed by atoms with Gasteiger partial charge in [-0.15, -0.1) is 0 Å². The molecule has 0 atom stereocenters. The van der Waals surface area contributed by atoms with E-state index < -0.39 is 10.0 Å². The Labute approximate surface area is 116 Å². The molecule has 0 amide bonds. The van der Waals surface area contributed by atoms with Gasteiger partial charge in [-0.25, -0.2) is 13.1 Å². The highest BCUT2D eigenvalue weighted by molar-refractivity contribution is 7.89. The summed E-state index contributed by atoms with van der Waals surface area (Å²) in [5.74, 6) is 0.384. The van der Waals surface area contributed by atoms with Gasteiger partial charge in [-0.1, -0.05) is 32.8 Å². The first kappa shape index (κ1) is 16.1. The van der Waals surface area contributed by atoms with Crippen molar-refractivity contribution < 1.29 is 8.42 Å². The molecule has 0 saturated heterocycles. The van der Waals surface area contributed by atoms with Gasteiger partial charge in [-0.3, -0.25) is 0 Å². The molecule has 0 spiro atoms. The van der Waals surface area contributed by atoms with Crippen LogP contribution in [0.1, 0.15) is 37.8 Å². The Morgan fingerprint density at radius 2 is 1.89 bits per heavy atom. The summed E-state index contributed by atoms with van der Waals surface area (Å²) in [5.41, 5.74) is 7.49. The monoisotopic (exact) mass is 284 g/mol. The van der Waals surface area contributed by atoms with Crippen LogP contribution in [0.25, 0.3) is 0 Å². The highest BCUT2D eigenvalue weighted by Crippen LogP contribution is 2.16. The Balaban J connectivity index is 2.88. The lowest BCUT2D eigenvalue weighted by atomic mass is 10.0. The summed E-state index contributed by atoms with van der Waals surface area (Å²) in [6.07, 6.45) is 1.95. The number of rotatable bonds is 7. The third-order valence-corrected chi connectivity index (χ3v) is 4.99. The highest BCUT2D eigenvalue weighted by Gasteiger charge is 2.16. The molecule has 0 fully saturated rings. The highest BCUT2D eigenvalue weighted by atomic mass is 32.2. The van der Waals surface area contributed by atoms with Crippen molar-refractivity contribution in [2.75, 3.05) is 6.54 Å². The molecule has 1 aromatic carbocycles. The van der Waals surface area contributed by atoms with Crippen LogP contribution < -0.4 is 10.5 Å². The maximum atomic E-state index is 12.2. The van der Waals surface area contributed by atoms with E-state index in [1.54, 1.807) is 18.2 Å². The number of nitrogens with two attached hydrogens (primary N) is 1. The summed E-state index contributed by atoms with van der Waals surface area (Å²) < 4.78 is 27.1. The summed E-state index contributed by atoms with van der Waals surface area (Å²) in [4.78, 5) is 0.296. The van der Waals surface area contributed by atoms with Gasteiger partial charge in [-0.2, -0.15) is 0 Å². The van der Waals surface area contributed by atoms with Gasteiger partial charge >= 0.3 is 0 Å². The van der Waals surface area contributed by atoms with Crippen LogP contribution in [-0.4, -0.2) is 15.0 Å². The molecule has 1 rings (SSSR count). The molecule has 0 unspecified atom stereocenters. The first-order valence-electron chi connectivity index (χ1n) is 6.73. The number of hydrogen-bond donors (Lipinski definition) is 2. The molecule has 108 valence electrons. The average molecular weight is 284 g/mol. The van der Waals surface area contributed by atoms with Gasteiger partial charge in [0.15, 0.2) is 0 Å². The molecule has 1 aromatic rings. The quantitative estimate of drug-likeness (QED) is 0.806. The minimum absolute atomic E-state index is 0.296. The Morgan fingerprint density at radius 1 is 1.26 bits per heavy atom. The molecule has 4 nitrogen and oxygen atoms in total. The molecule has 3 N–H and O–H groups in total. The lowest BCUT2D eigenvalue weighted by Gasteiger charge is -2.14. The third kappa shape index (κ3) is 4.30. The molecular formula is C14H24N2O2S. The summed E-state index contributed by atoms with van der Waals surface area (Å²) >= 11 is 0. The molecule has 0 bridgehead atoms. The van der Waals surface area contributed by atoms with Gasteiger partial charge < -0.3 is 5.73 Å². The maximum Gasteiger partial charge on any atom is 0.240 e. The van der Waals surface area contributed by atoms with Crippen LogP contribution in [0.2, 0.25) is 0 Å². The van der Waals surface area contributed by atoms with Crippen LogP contribution in [0, 0.1) is 12.8 Å². The fraction of sp³-hybridized carbons (Fsp3) is 0.571. The zero-order valence-electron chi connectivity index (χ0n) is 11.9. The molecular weight excluding hydrogens is 260 g/mol. The average Bonchev–Trinajstić information content (AvgIpc) is 2.40. The van der Waals surface area contributed by atoms with Crippen LogP contribution in [0.5, 0.6) is 0 Å². The number of hydrogen-bond acceptors (Lipinski definition) is 3. The second-order valence-electron chi connectivity index (χ2n) is 4.83. The summed E-state index contributed by atoms with van der Waals surface area (Å²) in [6.45, 7) is 6.90. The van der Waals surface area contributed by atoms with Crippen LogP contribution in [0.4, 0.5) is 0 Å². The van der Waals surface area contributed by atoms with E-state index in [0.29, 0.717) is 23.9 Å². The van der Waals surface area contributed by atoms with Crippen molar-refractivity contribution in [2.45, 2.75) is 45.1 Å². The van der Waals surface area contributed by atoms with E-state index in [0.717, 1.165) is 24.0 Å². The second-order valence-corrected chi connectivity index (χ2v) is 6.59. The Hall–Kier alpha value is -0.910. The van der Waals surface area contributed by atoms with Gasteiger partial charge in [0.25, 0.3) is 0 Å². The number of aryl methyl sites for hydroxylation is 1. The lowest BCUT2D eigenvalue weighted by molar-refractivity contribution is 0.479. The minimum atomic E-state index is -3.43. The SMILES string of the molecule is CCC(CC)CNS(=O)(=O)c1ccc(C)c(CN)c1. The molecule has 5 heteroatoms. The largest absolute Gasteiger partial charge is 0.326 e. The molecule has 19 heavy (non-hydrogen) atoms. The van der Waals surface area contributed by atoms with E-state index in [-0.39, 0.29) is 0 Å². The maximum absolute atomic E-state index is 12.2. The summed E-state index contributed by atoms with van der Waals surface area (Å²) in [6, 6.07) is 5.09. The van der Waals surface area contributed by atoms with Crippen molar-refractivity contribution >= 4 is 10.0 Å². The molecule has 0 saturated carbocycles. The van der Waals surface area contributed by atoms with Crippen molar-refractivity contribution in [1.29, 1.82) is 0 Å². The van der Waals surface area contributed by atoms with E-state index >= 15 is 0 Å². The minimum Gasteiger partial charge on any atom is -0.326 e. The summed E-state index contributed by atoms with van der Waals surface area (Å²) in [7, 11) is -3.43. The lowest BCUT2D eigenvalue weighted by Crippen LogP contribution is -2.29. The van der Waals surface area contributed by atoms with Crippen LogP contribution in [-0.2, 0) is 16.6 Å². The van der Waals surface area contributed by atoms with Crippen LogP contribution in [0.15, 0.2) is 23.1 Å². The molecule has 0 aliphatic rings. The zero-order chi connectivity index (χ0) is 14.5. The Morgan fingerprint density at radius 3 is 2.42 bits per heavy atom. The van der Waals surface area contributed by atoms with Crippen molar-refractivity contribution in [1.82, 2.24) is 4.72 Å². The van der Waals surface area contributed by atoms with E-state index in [2.05, 4.69) is 18.6 Å².